The molecule has 25 heavy (non-hydrogen) atoms. The van der Waals surface area contributed by atoms with Crippen LogP contribution in [0.2, 0.25) is 0 Å². The Morgan fingerprint density at radius 2 is 1.20 bits per heavy atom. The minimum Gasteiger partial charge on any atom is -0.508 e. The molecule has 1 unspecified atom stereocenters. The third-order valence-corrected chi connectivity index (χ3v) is 5.58. The van der Waals surface area contributed by atoms with Gasteiger partial charge in [-0.15, -0.1) is 11.6 Å². The van der Waals surface area contributed by atoms with E-state index < -0.39 is 0 Å². The standard InChI is InChI=1S/C22H29ClO2/c1-21(2,17-5-9-19(24)10-6-17)13-4-14-22(3,15-16-23)18-7-11-20(25)12-8-18/h5-12,24-25H,4,13-16H2,1-3H3. The maximum atomic E-state index is 9.54. The van der Waals surface area contributed by atoms with Gasteiger partial charge in [0.2, 0.25) is 0 Å². The molecule has 0 aliphatic rings. The number of halogens is 1. The summed E-state index contributed by atoms with van der Waals surface area (Å²) in [5, 5.41) is 19.0. The Kier molecular flexibility index (Phi) is 6.40. The van der Waals surface area contributed by atoms with E-state index >= 15 is 0 Å². The molecule has 0 fully saturated rings. The van der Waals surface area contributed by atoms with Crippen LogP contribution in [0.15, 0.2) is 48.5 Å². The zero-order chi connectivity index (χ0) is 18.5. The lowest BCUT2D eigenvalue weighted by atomic mass is 9.73. The van der Waals surface area contributed by atoms with Crippen LogP contribution < -0.4 is 0 Å². The largest absolute Gasteiger partial charge is 0.508 e. The zero-order valence-corrected chi connectivity index (χ0v) is 16.2. The molecule has 0 heterocycles. The molecule has 0 aromatic heterocycles. The van der Waals surface area contributed by atoms with Gasteiger partial charge in [0.1, 0.15) is 11.5 Å². The Labute approximate surface area is 156 Å². The average Bonchev–Trinajstić information content (AvgIpc) is 2.56. The van der Waals surface area contributed by atoms with Crippen LogP contribution in [0.4, 0.5) is 0 Å². The monoisotopic (exact) mass is 360 g/mol. The minimum atomic E-state index is 0.0144. The normalized spacial score (nSPS) is 14.2. The highest BCUT2D eigenvalue weighted by atomic mass is 35.5. The molecule has 2 nitrogen and oxygen atoms in total. The number of phenolic OH excluding ortho intramolecular Hbond substituents is 2. The van der Waals surface area contributed by atoms with Gasteiger partial charge in [-0.25, -0.2) is 0 Å². The average molecular weight is 361 g/mol. The number of aromatic hydroxyl groups is 2. The van der Waals surface area contributed by atoms with Gasteiger partial charge in [0.15, 0.2) is 0 Å². The second kappa shape index (κ2) is 8.14. The van der Waals surface area contributed by atoms with Crippen molar-refractivity contribution < 1.29 is 10.2 Å². The van der Waals surface area contributed by atoms with E-state index in [1.165, 1.54) is 11.1 Å². The molecule has 3 heteroatoms. The predicted molar refractivity (Wildman–Crippen MR) is 106 cm³/mol. The van der Waals surface area contributed by atoms with Gasteiger partial charge in [-0.2, -0.15) is 0 Å². The molecule has 0 spiro atoms. The maximum absolute atomic E-state index is 9.54. The third-order valence-electron chi connectivity index (χ3n) is 5.39. The van der Waals surface area contributed by atoms with Gasteiger partial charge in [0, 0.05) is 5.88 Å². The fourth-order valence-corrected chi connectivity index (χ4v) is 3.88. The van der Waals surface area contributed by atoms with Crippen molar-refractivity contribution in [2.75, 3.05) is 5.88 Å². The number of phenols is 2. The predicted octanol–water partition coefficient (Wildman–Crippen LogP) is 6.13. The summed E-state index contributed by atoms with van der Waals surface area (Å²) < 4.78 is 0. The second-order valence-electron chi connectivity index (χ2n) is 7.83. The number of hydrogen-bond donors (Lipinski definition) is 2. The van der Waals surface area contributed by atoms with E-state index in [1.54, 1.807) is 24.3 Å². The summed E-state index contributed by atoms with van der Waals surface area (Å²) in [6, 6.07) is 15.0. The highest BCUT2D eigenvalue weighted by Crippen LogP contribution is 2.37. The van der Waals surface area contributed by atoms with Crippen LogP contribution in [-0.4, -0.2) is 16.1 Å². The summed E-state index contributed by atoms with van der Waals surface area (Å²) in [7, 11) is 0. The van der Waals surface area contributed by atoms with Crippen molar-refractivity contribution in [3.63, 3.8) is 0 Å². The van der Waals surface area contributed by atoms with Gasteiger partial charge < -0.3 is 10.2 Å². The Morgan fingerprint density at radius 1 is 0.720 bits per heavy atom. The van der Waals surface area contributed by atoms with Crippen LogP contribution in [0, 0.1) is 0 Å². The van der Waals surface area contributed by atoms with E-state index in [0.717, 1.165) is 25.7 Å². The lowest BCUT2D eigenvalue weighted by Crippen LogP contribution is -2.24. The molecule has 2 aromatic rings. The summed E-state index contributed by atoms with van der Waals surface area (Å²) >= 11 is 6.07. The van der Waals surface area contributed by atoms with E-state index in [9.17, 15) is 10.2 Å². The lowest BCUT2D eigenvalue weighted by Gasteiger charge is -2.32. The first-order chi connectivity index (χ1) is 11.8. The number of benzene rings is 2. The van der Waals surface area contributed by atoms with Crippen molar-refractivity contribution >= 4 is 11.6 Å². The van der Waals surface area contributed by atoms with Crippen LogP contribution >= 0.6 is 11.6 Å². The minimum absolute atomic E-state index is 0.0144. The van der Waals surface area contributed by atoms with E-state index in [0.29, 0.717) is 17.4 Å². The smallest absolute Gasteiger partial charge is 0.115 e. The molecule has 0 radical (unpaired) electrons. The molecule has 2 aromatic carbocycles. The van der Waals surface area contributed by atoms with Crippen LogP contribution in [0.1, 0.15) is 57.6 Å². The fraction of sp³-hybridized carbons (Fsp3) is 0.455. The number of rotatable bonds is 8. The molecule has 136 valence electrons. The molecule has 0 aliphatic heterocycles. The molecule has 1 atom stereocenters. The summed E-state index contributed by atoms with van der Waals surface area (Å²) in [5.74, 6) is 1.23. The molecule has 0 aliphatic carbocycles. The first-order valence-corrected chi connectivity index (χ1v) is 9.45. The summed E-state index contributed by atoms with van der Waals surface area (Å²) in [6.07, 6.45) is 4.11. The van der Waals surface area contributed by atoms with Crippen molar-refractivity contribution in [3.05, 3.63) is 59.7 Å². The Morgan fingerprint density at radius 3 is 1.68 bits per heavy atom. The maximum Gasteiger partial charge on any atom is 0.115 e. The zero-order valence-electron chi connectivity index (χ0n) is 15.4. The molecule has 0 bridgehead atoms. The molecule has 0 saturated carbocycles. The molecule has 2 N–H and O–H groups in total. The molecule has 0 amide bonds. The third kappa shape index (κ3) is 5.15. The quantitative estimate of drug-likeness (QED) is 0.555. The first-order valence-electron chi connectivity index (χ1n) is 8.92. The van der Waals surface area contributed by atoms with Gasteiger partial charge in [0.25, 0.3) is 0 Å². The summed E-state index contributed by atoms with van der Waals surface area (Å²) in [5.41, 5.74) is 2.55. The number of alkyl halides is 1. The van der Waals surface area contributed by atoms with Crippen LogP contribution in [0.3, 0.4) is 0 Å². The van der Waals surface area contributed by atoms with Crippen molar-refractivity contribution in [1.82, 2.24) is 0 Å². The van der Waals surface area contributed by atoms with Crippen molar-refractivity contribution in [1.29, 1.82) is 0 Å². The van der Waals surface area contributed by atoms with E-state index in [-0.39, 0.29) is 10.8 Å². The highest BCUT2D eigenvalue weighted by Gasteiger charge is 2.28. The Hall–Kier alpha value is -1.67. The topological polar surface area (TPSA) is 40.5 Å². The van der Waals surface area contributed by atoms with Gasteiger partial charge in [-0.3, -0.25) is 0 Å². The van der Waals surface area contributed by atoms with E-state index in [1.807, 2.05) is 24.3 Å². The molecule has 0 saturated heterocycles. The van der Waals surface area contributed by atoms with Crippen LogP contribution in [0.5, 0.6) is 11.5 Å². The van der Waals surface area contributed by atoms with Gasteiger partial charge in [-0.05, 0) is 65.5 Å². The van der Waals surface area contributed by atoms with Crippen LogP contribution in [0.25, 0.3) is 0 Å². The molecular weight excluding hydrogens is 332 g/mol. The summed E-state index contributed by atoms with van der Waals surface area (Å²) in [6.45, 7) is 6.76. The number of hydrogen-bond acceptors (Lipinski definition) is 2. The van der Waals surface area contributed by atoms with Crippen molar-refractivity contribution in [2.45, 2.75) is 57.3 Å². The molecule has 2 rings (SSSR count). The van der Waals surface area contributed by atoms with Gasteiger partial charge in [-0.1, -0.05) is 51.5 Å². The summed E-state index contributed by atoms with van der Waals surface area (Å²) in [4.78, 5) is 0. The fourth-order valence-electron chi connectivity index (χ4n) is 3.46. The van der Waals surface area contributed by atoms with Gasteiger partial charge >= 0.3 is 0 Å². The van der Waals surface area contributed by atoms with Crippen molar-refractivity contribution in [3.8, 4) is 11.5 Å². The van der Waals surface area contributed by atoms with Gasteiger partial charge in [0.05, 0.1) is 0 Å². The van der Waals surface area contributed by atoms with E-state index in [4.69, 9.17) is 11.6 Å². The molecular formula is C22H29ClO2. The lowest BCUT2D eigenvalue weighted by molar-refractivity contribution is 0.363. The Bertz CT molecular complexity index is 661. The van der Waals surface area contributed by atoms with Crippen molar-refractivity contribution in [2.24, 2.45) is 0 Å². The highest BCUT2D eigenvalue weighted by molar-refractivity contribution is 6.17. The Balaban J connectivity index is 2.05. The first kappa shape index (κ1) is 19.7. The SMILES string of the molecule is CC(C)(CCCC(C)(CCCl)c1ccc(O)cc1)c1ccc(O)cc1. The van der Waals surface area contributed by atoms with Crippen LogP contribution in [-0.2, 0) is 10.8 Å². The van der Waals surface area contributed by atoms with E-state index in [2.05, 4.69) is 20.8 Å². The second-order valence-corrected chi connectivity index (χ2v) is 8.21.